The zero-order valence-electron chi connectivity index (χ0n) is 11.8. The van der Waals surface area contributed by atoms with Crippen LogP contribution < -0.4 is 5.32 Å². The van der Waals surface area contributed by atoms with Crippen molar-refractivity contribution in [2.24, 2.45) is 5.92 Å². The molecule has 0 amide bonds. The van der Waals surface area contributed by atoms with Crippen LogP contribution in [-0.4, -0.2) is 62.6 Å². The van der Waals surface area contributed by atoms with Crippen LogP contribution >= 0.6 is 11.8 Å². The minimum absolute atomic E-state index is 0.251. The molecule has 0 aromatic heterocycles. The Morgan fingerprint density at radius 2 is 2.05 bits per heavy atom. The minimum Gasteiger partial charge on any atom is -0.317 e. The lowest BCUT2D eigenvalue weighted by molar-refractivity contribution is 0.249. The summed E-state index contributed by atoms with van der Waals surface area (Å²) in [5.74, 6) is 2.66. The maximum atomic E-state index is 11.8. The molecule has 1 N–H and O–H groups in total. The van der Waals surface area contributed by atoms with Gasteiger partial charge in [-0.1, -0.05) is 0 Å². The van der Waals surface area contributed by atoms with Crippen LogP contribution in [0, 0.1) is 5.92 Å². The Balaban J connectivity index is 1.76. The normalized spacial score (nSPS) is 27.5. The van der Waals surface area contributed by atoms with E-state index in [1.54, 1.807) is 11.8 Å². The van der Waals surface area contributed by atoms with Gasteiger partial charge < -0.3 is 5.32 Å². The van der Waals surface area contributed by atoms with E-state index in [1.807, 2.05) is 0 Å². The fourth-order valence-electron chi connectivity index (χ4n) is 3.02. The first-order valence-corrected chi connectivity index (χ1v) is 10.4. The van der Waals surface area contributed by atoms with Crippen molar-refractivity contribution in [3.8, 4) is 0 Å². The second-order valence-corrected chi connectivity index (χ2v) is 9.08. The first kappa shape index (κ1) is 15.6. The molecule has 0 aromatic rings. The molecule has 0 radical (unpaired) electrons. The molecular weight excluding hydrogens is 280 g/mol. The maximum Gasteiger partial charge on any atom is 0.164 e. The molecule has 2 heterocycles. The molecule has 2 saturated heterocycles. The molecule has 1 unspecified atom stereocenters. The van der Waals surface area contributed by atoms with Gasteiger partial charge in [-0.3, -0.25) is 4.90 Å². The molecule has 2 aliphatic heterocycles. The third kappa shape index (κ3) is 4.92. The van der Waals surface area contributed by atoms with E-state index in [-0.39, 0.29) is 5.37 Å². The van der Waals surface area contributed by atoms with Crippen LogP contribution in [0.4, 0.5) is 0 Å². The number of piperidine rings is 1. The summed E-state index contributed by atoms with van der Waals surface area (Å²) in [6.07, 6.45) is 6.34. The Morgan fingerprint density at radius 1 is 1.32 bits per heavy atom. The van der Waals surface area contributed by atoms with E-state index in [4.69, 9.17) is 0 Å². The molecule has 1 atom stereocenters. The topological polar surface area (TPSA) is 49.4 Å². The highest BCUT2D eigenvalue weighted by atomic mass is 32.2. The third-order valence-corrected chi connectivity index (χ3v) is 6.89. The number of nitrogens with one attached hydrogen (secondary N) is 1. The number of hydrogen-bond donors (Lipinski definition) is 1. The highest BCUT2D eigenvalue weighted by Crippen LogP contribution is 2.22. The number of thioether (sulfide) groups is 1. The second-order valence-electron chi connectivity index (χ2n) is 5.73. The largest absolute Gasteiger partial charge is 0.317 e. The Kier molecular flexibility index (Phi) is 5.99. The van der Waals surface area contributed by atoms with Gasteiger partial charge >= 0.3 is 0 Å². The summed E-state index contributed by atoms with van der Waals surface area (Å²) in [4.78, 5) is 2.19. The smallest absolute Gasteiger partial charge is 0.164 e. The van der Waals surface area contributed by atoms with E-state index >= 15 is 0 Å². The zero-order valence-corrected chi connectivity index (χ0v) is 13.4. The van der Waals surface area contributed by atoms with Gasteiger partial charge in [0.15, 0.2) is 9.84 Å². The second kappa shape index (κ2) is 7.29. The van der Waals surface area contributed by atoms with E-state index in [2.05, 4.69) is 10.2 Å². The van der Waals surface area contributed by atoms with Gasteiger partial charge in [-0.25, -0.2) is 8.42 Å². The molecule has 0 bridgehead atoms. The molecule has 2 rings (SSSR count). The molecule has 4 nitrogen and oxygen atoms in total. The molecule has 112 valence electrons. The van der Waals surface area contributed by atoms with Crippen LogP contribution in [0.25, 0.3) is 0 Å². The van der Waals surface area contributed by atoms with Crippen molar-refractivity contribution >= 4 is 21.6 Å². The molecule has 0 aromatic carbocycles. The predicted octanol–water partition coefficient (Wildman–Crippen LogP) is 1.19. The maximum absolute atomic E-state index is 11.8. The molecule has 19 heavy (non-hydrogen) atoms. The van der Waals surface area contributed by atoms with Crippen LogP contribution in [0.2, 0.25) is 0 Å². The van der Waals surface area contributed by atoms with Gasteiger partial charge in [0, 0.05) is 24.3 Å². The fourth-order valence-corrected chi connectivity index (χ4v) is 5.99. The van der Waals surface area contributed by atoms with E-state index < -0.39 is 9.84 Å². The standard InChI is InChI=1S/C13H26N2O2S2/c1-19(16,17)13-11-18-10-9-15(13)8-2-3-12-4-6-14-7-5-12/h12-14H,2-11H2,1H3. The predicted molar refractivity (Wildman–Crippen MR) is 82.4 cm³/mol. The molecule has 2 fully saturated rings. The Bertz CT molecular complexity index is 367. The van der Waals surface area contributed by atoms with Gasteiger partial charge in [0.2, 0.25) is 0 Å². The number of sulfone groups is 1. The first-order chi connectivity index (χ1) is 9.07. The average Bonchev–Trinajstić information content (AvgIpc) is 2.39. The Hall–Kier alpha value is 0.220. The van der Waals surface area contributed by atoms with Crippen LogP contribution in [0.1, 0.15) is 25.7 Å². The number of rotatable bonds is 5. The fraction of sp³-hybridized carbons (Fsp3) is 1.00. The lowest BCUT2D eigenvalue weighted by Crippen LogP contribution is -2.47. The Labute approximate surface area is 121 Å². The van der Waals surface area contributed by atoms with Crippen molar-refractivity contribution in [3.63, 3.8) is 0 Å². The summed E-state index contributed by atoms with van der Waals surface area (Å²) >= 11 is 1.77. The summed E-state index contributed by atoms with van der Waals surface area (Å²) in [6.45, 7) is 4.17. The van der Waals surface area contributed by atoms with Crippen LogP contribution in [0.15, 0.2) is 0 Å². The zero-order chi connectivity index (χ0) is 13.7. The van der Waals surface area contributed by atoms with E-state index in [9.17, 15) is 8.42 Å². The lowest BCUT2D eigenvalue weighted by Gasteiger charge is -2.34. The number of hydrogen-bond acceptors (Lipinski definition) is 5. The number of nitrogens with zero attached hydrogens (tertiary/aromatic N) is 1. The van der Waals surface area contributed by atoms with Gasteiger partial charge in [0.05, 0.1) is 0 Å². The molecule has 2 aliphatic rings. The van der Waals surface area contributed by atoms with Crippen molar-refractivity contribution in [3.05, 3.63) is 0 Å². The SMILES string of the molecule is CS(=O)(=O)C1CSCCN1CCCC1CCNCC1. The van der Waals surface area contributed by atoms with E-state index in [0.29, 0.717) is 0 Å². The van der Waals surface area contributed by atoms with Gasteiger partial charge in [-0.05, 0) is 51.2 Å². The summed E-state index contributed by atoms with van der Waals surface area (Å²) in [6, 6.07) is 0. The summed E-state index contributed by atoms with van der Waals surface area (Å²) in [7, 11) is -2.94. The summed E-state index contributed by atoms with van der Waals surface area (Å²) in [5.41, 5.74) is 0. The van der Waals surface area contributed by atoms with E-state index in [1.165, 1.54) is 25.5 Å². The van der Waals surface area contributed by atoms with Gasteiger partial charge in [0.1, 0.15) is 5.37 Å². The highest BCUT2D eigenvalue weighted by Gasteiger charge is 2.30. The quantitative estimate of drug-likeness (QED) is 0.827. The van der Waals surface area contributed by atoms with Gasteiger partial charge in [-0.2, -0.15) is 11.8 Å². The molecule has 6 heteroatoms. The van der Waals surface area contributed by atoms with Crippen molar-refractivity contribution in [1.29, 1.82) is 0 Å². The molecule has 0 saturated carbocycles. The summed E-state index contributed by atoms with van der Waals surface area (Å²) in [5, 5.41) is 3.14. The highest BCUT2D eigenvalue weighted by molar-refractivity contribution is 8.00. The summed E-state index contributed by atoms with van der Waals surface area (Å²) < 4.78 is 23.6. The molecular formula is C13H26N2O2S2. The third-order valence-electron chi connectivity index (χ3n) is 4.20. The Morgan fingerprint density at radius 3 is 2.74 bits per heavy atom. The minimum atomic E-state index is -2.94. The van der Waals surface area contributed by atoms with Crippen LogP contribution in [0.3, 0.4) is 0 Å². The van der Waals surface area contributed by atoms with Crippen molar-refractivity contribution in [2.75, 3.05) is 43.9 Å². The van der Waals surface area contributed by atoms with Crippen molar-refractivity contribution in [2.45, 2.75) is 31.1 Å². The molecule has 0 spiro atoms. The van der Waals surface area contributed by atoms with Crippen molar-refractivity contribution in [1.82, 2.24) is 10.2 Å². The van der Waals surface area contributed by atoms with Crippen LogP contribution in [-0.2, 0) is 9.84 Å². The van der Waals surface area contributed by atoms with E-state index in [0.717, 1.165) is 50.0 Å². The van der Waals surface area contributed by atoms with Crippen molar-refractivity contribution < 1.29 is 8.42 Å². The van der Waals surface area contributed by atoms with Gasteiger partial charge in [0.25, 0.3) is 0 Å². The molecule has 0 aliphatic carbocycles. The first-order valence-electron chi connectivity index (χ1n) is 7.29. The van der Waals surface area contributed by atoms with Gasteiger partial charge in [-0.15, -0.1) is 0 Å². The lowest BCUT2D eigenvalue weighted by atomic mass is 9.93. The monoisotopic (exact) mass is 306 g/mol. The average molecular weight is 306 g/mol. The van der Waals surface area contributed by atoms with Crippen LogP contribution in [0.5, 0.6) is 0 Å².